The molecule has 3 N–H and O–H groups in total. The van der Waals surface area contributed by atoms with Crippen molar-refractivity contribution >= 4 is 18.4 Å². The molecule has 7 heteroatoms. The number of carbonyl (C=O) groups excluding carboxylic acids is 1. The van der Waals surface area contributed by atoms with Crippen LogP contribution in [0.15, 0.2) is 0 Å². The Morgan fingerprint density at radius 3 is 2.50 bits per heavy atom. The summed E-state index contributed by atoms with van der Waals surface area (Å²) in [6.07, 6.45) is -1.25. The fourth-order valence-corrected chi connectivity index (χ4v) is 0.900. The number of aliphatic hydroxyl groups excluding tert-OH is 1. The largest absolute Gasteiger partial charge is 0.464 e. The van der Waals surface area contributed by atoms with Crippen LogP contribution in [0.5, 0.6) is 0 Å². The molecule has 0 aromatic carbocycles. The second-order valence-corrected chi connectivity index (χ2v) is 3.02. The Kier molecular flexibility index (Phi) is 12.5. The molecule has 16 heavy (non-hydrogen) atoms. The molecule has 2 unspecified atom stereocenters. The van der Waals surface area contributed by atoms with Gasteiger partial charge in [0.05, 0.1) is 32.5 Å². The van der Waals surface area contributed by atoms with Crippen molar-refractivity contribution in [2.75, 3.05) is 33.5 Å². The van der Waals surface area contributed by atoms with Gasteiger partial charge < -0.3 is 25.1 Å². The van der Waals surface area contributed by atoms with Crippen LogP contribution in [-0.4, -0.2) is 56.8 Å². The first-order valence-corrected chi connectivity index (χ1v) is 4.78. The topological polar surface area (TPSA) is 91.0 Å². The second kappa shape index (κ2) is 11.1. The fourth-order valence-electron chi connectivity index (χ4n) is 0.900. The first-order valence-electron chi connectivity index (χ1n) is 4.78. The maximum absolute atomic E-state index is 10.9. The summed E-state index contributed by atoms with van der Waals surface area (Å²) in [5, 5.41) is 9.22. The Bertz CT molecular complexity index is 181. The number of hydrogen-bond donors (Lipinski definition) is 2. The zero-order chi connectivity index (χ0) is 11.7. The number of aliphatic hydroxyl groups is 1. The molecule has 0 aliphatic rings. The SMILES string of the molecule is CCOC(=O)C(O)COCC(N)COC.Cl. The van der Waals surface area contributed by atoms with Crippen LogP contribution in [0.1, 0.15) is 6.92 Å². The third-order valence-corrected chi connectivity index (χ3v) is 1.55. The normalized spacial score (nSPS) is 13.8. The predicted molar refractivity (Wildman–Crippen MR) is 60.6 cm³/mol. The van der Waals surface area contributed by atoms with Crippen LogP contribution >= 0.6 is 12.4 Å². The van der Waals surface area contributed by atoms with Gasteiger partial charge in [-0.2, -0.15) is 0 Å². The lowest BCUT2D eigenvalue weighted by molar-refractivity contribution is -0.156. The van der Waals surface area contributed by atoms with Crippen LogP contribution in [0.25, 0.3) is 0 Å². The van der Waals surface area contributed by atoms with Gasteiger partial charge in [-0.1, -0.05) is 0 Å². The zero-order valence-electron chi connectivity index (χ0n) is 9.55. The highest BCUT2D eigenvalue weighted by Crippen LogP contribution is 1.92. The number of nitrogens with two attached hydrogens (primary N) is 1. The Hall–Kier alpha value is -0.400. The zero-order valence-corrected chi connectivity index (χ0v) is 10.4. The minimum absolute atomic E-state index is 0. The number of halogens is 1. The smallest absolute Gasteiger partial charge is 0.337 e. The molecule has 0 amide bonds. The average Bonchev–Trinajstić information content (AvgIpc) is 2.18. The monoisotopic (exact) mass is 257 g/mol. The summed E-state index contributed by atoms with van der Waals surface area (Å²) in [5.41, 5.74) is 5.56. The van der Waals surface area contributed by atoms with E-state index in [0.29, 0.717) is 6.61 Å². The molecule has 0 aromatic rings. The van der Waals surface area contributed by atoms with Crippen molar-refractivity contribution in [1.29, 1.82) is 0 Å². The van der Waals surface area contributed by atoms with E-state index in [1.54, 1.807) is 6.92 Å². The highest BCUT2D eigenvalue weighted by molar-refractivity contribution is 5.85. The average molecular weight is 258 g/mol. The summed E-state index contributed by atoms with van der Waals surface area (Å²) in [6.45, 7) is 2.38. The predicted octanol–water partition coefficient (Wildman–Crippen LogP) is -0.677. The Balaban J connectivity index is 0. The van der Waals surface area contributed by atoms with Crippen LogP contribution in [-0.2, 0) is 19.0 Å². The number of carbonyl (C=O) groups is 1. The van der Waals surface area contributed by atoms with E-state index in [2.05, 4.69) is 4.74 Å². The van der Waals surface area contributed by atoms with Gasteiger partial charge in [0.1, 0.15) is 0 Å². The first kappa shape index (κ1) is 18.0. The Morgan fingerprint density at radius 2 is 2.00 bits per heavy atom. The van der Waals surface area contributed by atoms with Gasteiger partial charge in [0, 0.05) is 7.11 Å². The van der Waals surface area contributed by atoms with Gasteiger partial charge in [-0.25, -0.2) is 4.79 Å². The van der Waals surface area contributed by atoms with Crippen LogP contribution in [0, 0.1) is 0 Å². The molecule has 0 saturated heterocycles. The summed E-state index contributed by atoms with van der Waals surface area (Å²) in [7, 11) is 1.54. The highest BCUT2D eigenvalue weighted by atomic mass is 35.5. The van der Waals surface area contributed by atoms with E-state index in [1.807, 2.05) is 0 Å². The Labute approximate surface area is 101 Å². The molecule has 0 fully saturated rings. The molecule has 0 saturated carbocycles. The van der Waals surface area contributed by atoms with Crippen LogP contribution < -0.4 is 5.73 Å². The van der Waals surface area contributed by atoms with Crippen molar-refractivity contribution < 1.29 is 24.1 Å². The quantitative estimate of drug-likeness (QED) is 0.560. The maximum atomic E-state index is 10.9. The van der Waals surface area contributed by atoms with E-state index in [1.165, 1.54) is 7.11 Å². The molecule has 0 rings (SSSR count). The van der Waals surface area contributed by atoms with Gasteiger partial charge in [0.25, 0.3) is 0 Å². The van der Waals surface area contributed by atoms with Gasteiger partial charge in [-0.3, -0.25) is 0 Å². The number of rotatable bonds is 8. The summed E-state index contributed by atoms with van der Waals surface area (Å²) in [6, 6.07) is -0.260. The van der Waals surface area contributed by atoms with Crippen molar-refractivity contribution in [2.45, 2.75) is 19.1 Å². The van der Waals surface area contributed by atoms with Crippen LogP contribution in [0.3, 0.4) is 0 Å². The molecule has 0 aromatic heterocycles. The summed E-state index contributed by atoms with van der Waals surface area (Å²) >= 11 is 0. The van der Waals surface area contributed by atoms with Gasteiger partial charge in [0.2, 0.25) is 0 Å². The lowest BCUT2D eigenvalue weighted by Crippen LogP contribution is -2.34. The van der Waals surface area contributed by atoms with Gasteiger partial charge in [-0.15, -0.1) is 12.4 Å². The molecule has 0 aliphatic heterocycles. The molecule has 0 aliphatic carbocycles. The molecular weight excluding hydrogens is 238 g/mol. The summed E-state index contributed by atoms with van der Waals surface area (Å²) in [5.74, 6) is -0.683. The number of methoxy groups -OCH3 is 1. The third-order valence-electron chi connectivity index (χ3n) is 1.55. The van der Waals surface area contributed by atoms with E-state index in [9.17, 15) is 9.90 Å². The van der Waals surface area contributed by atoms with E-state index in [-0.39, 0.29) is 38.3 Å². The molecular formula is C9H20ClNO5. The molecule has 0 bridgehead atoms. The van der Waals surface area contributed by atoms with Crippen molar-refractivity contribution in [3.63, 3.8) is 0 Å². The highest BCUT2D eigenvalue weighted by Gasteiger charge is 2.16. The standard InChI is InChI=1S/C9H19NO5.ClH/c1-3-15-9(12)8(11)6-14-5-7(10)4-13-2;/h7-8,11H,3-6,10H2,1-2H3;1H. The number of esters is 1. The molecule has 0 heterocycles. The van der Waals surface area contributed by atoms with E-state index < -0.39 is 12.1 Å². The first-order chi connectivity index (χ1) is 7.11. The van der Waals surface area contributed by atoms with Crippen molar-refractivity contribution in [2.24, 2.45) is 5.73 Å². The molecule has 6 nitrogen and oxygen atoms in total. The summed E-state index contributed by atoms with van der Waals surface area (Å²) in [4.78, 5) is 10.9. The van der Waals surface area contributed by atoms with E-state index >= 15 is 0 Å². The van der Waals surface area contributed by atoms with Gasteiger partial charge >= 0.3 is 5.97 Å². The lowest BCUT2D eigenvalue weighted by Gasteiger charge is -2.13. The maximum Gasteiger partial charge on any atom is 0.337 e. The van der Waals surface area contributed by atoms with Crippen molar-refractivity contribution in [3.05, 3.63) is 0 Å². The second-order valence-electron chi connectivity index (χ2n) is 3.02. The number of ether oxygens (including phenoxy) is 3. The minimum Gasteiger partial charge on any atom is -0.464 e. The van der Waals surface area contributed by atoms with Gasteiger partial charge in [-0.05, 0) is 6.92 Å². The van der Waals surface area contributed by atoms with E-state index in [0.717, 1.165) is 0 Å². The van der Waals surface area contributed by atoms with E-state index in [4.69, 9.17) is 15.2 Å². The van der Waals surface area contributed by atoms with Crippen molar-refractivity contribution in [1.82, 2.24) is 0 Å². The lowest BCUT2D eigenvalue weighted by atomic mass is 10.3. The van der Waals surface area contributed by atoms with Gasteiger partial charge in [0.15, 0.2) is 6.10 Å². The molecule has 0 radical (unpaired) electrons. The van der Waals surface area contributed by atoms with Crippen LogP contribution in [0.2, 0.25) is 0 Å². The summed E-state index contributed by atoms with van der Waals surface area (Å²) < 4.78 is 14.4. The third kappa shape index (κ3) is 8.87. The van der Waals surface area contributed by atoms with Crippen LogP contribution in [0.4, 0.5) is 0 Å². The molecule has 2 atom stereocenters. The number of hydrogen-bond acceptors (Lipinski definition) is 6. The molecule has 0 spiro atoms. The minimum atomic E-state index is -1.25. The van der Waals surface area contributed by atoms with Crippen molar-refractivity contribution in [3.8, 4) is 0 Å². The Morgan fingerprint density at radius 1 is 1.38 bits per heavy atom. The molecule has 98 valence electrons. The fraction of sp³-hybridized carbons (Fsp3) is 0.889.